The molecule has 1 aliphatic heterocycles. The van der Waals surface area contributed by atoms with Crippen molar-refractivity contribution in [2.24, 2.45) is 0 Å². The molecule has 0 radical (unpaired) electrons. The second kappa shape index (κ2) is 5.23. The summed E-state index contributed by atoms with van der Waals surface area (Å²) in [6.45, 7) is 0.0667. The fourth-order valence-electron chi connectivity index (χ4n) is 2.09. The van der Waals surface area contributed by atoms with Gasteiger partial charge in [-0.15, -0.1) is 0 Å². The smallest absolute Gasteiger partial charge is 0.423 e. The van der Waals surface area contributed by atoms with Crippen molar-refractivity contribution in [3.05, 3.63) is 41.8 Å². The van der Waals surface area contributed by atoms with Gasteiger partial charge in [-0.25, -0.2) is 9.37 Å². The Kier molecular flexibility index (Phi) is 3.51. The van der Waals surface area contributed by atoms with Gasteiger partial charge < -0.3 is 15.4 Å². The van der Waals surface area contributed by atoms with Crippen molar-refractivity contribution in [3.8, 4) is 0 Å². The van der Waals surface area contributed by atoms with E-state index in [2.05, 4.69) is 9.71 Å². The molecule has 0 spiro atoms. The number of nitrogen functional groups attached to an aromatic ring is 1. The fraction of sp³-hybridized carbons (Fsp3) is 0.0833. The van der Waals surface area contributed by atoms with E-state index in [1.54, 1.807) is 0 Å². The van der Waals surface area contributed by atoms with Crippen LogP contribution < -0.4 is 15.9 Å². The van der Waals surface area contributed by atoms with Gasteiger partial charge in [-0.3, -0.25) is 4.72 Å². The molecular formula is C12H11BFN3O4S. The molecule has 1 aliphatic rings. The Morgan fingerprint density at radius 1 is 1.41 bits per heavy atom. The van der Waals surface area contributed by atoms with E-state index in [0.29, 0.717) is 11.0 Å². The molecule has 0 amide bonds. The average molecular weight is 323 g/mol. The first-order valence-corrected chi connectivity index (χ1v) is 7.71. The molecule has 0 saturated heterocycles. The maximum atomic E-state index is 14.0. The number of halogens is 1. The van der Waals surface area contributed by atoms with Crippen molar-refractivity contribution in [3.63, 3.8) is 0 Å². The number of hydrogen-bond donors (Lipinski definition) is 3. The molecule has 2 aromatic rings. The number of rotatable bonds is 3. The monoisotopic (exact) mass is 323 g/mol. The quantitative estimate of drug-likeness (QED) is 0.675. The molecule has 0 atom stereocenters. The number of sulfonamides is 1. The summed E-state index contributed by atoms with van der Waals surface area (Å²) in [6.07, 6.45) is 1.24. The van der Waals surface area contributed by atoms with E-state index in [0.717, 1.165) is 12.1 Å². The summed E-state index contributed by atoms with van der Waals surface area (Å²) in [6, 6.07) is 4.91. The van der Waals surface area contributed by atoms with Crippen molar-refractivity contribution in [1.29, 1.82) is 0 Å². The largest absolute Gasteiger partial charge is 0.491 e. The fourth-order valence-corrected chi connectivity index (χ4v) is 3.13. The van der Waals surface area contributed by atoms with Crippen LogP contribution >= 0.6 is 0 Å². The topological polar surface area (TPSA) is 115 Å². The minimum atomic E-state index is -4.10. The Morgan fingerprint density at radius 3 is 2.91 bits per heavy atom. The van der Waals surface area contributed by atoms with Crippen LogP contribution in [-0.2, 0) is 21.3 Å². The number of pyridine rings is 1. The average Bonchev–Trinajstić information content (AvgIpc) is 2.80. The van der Waals surface area contributed by atoms with Crippen molar-refractivity contribution in [2.75, 3.05) is 10.5 Å². The van der Waals surface area contributed by atoms with Crippen molar-refractivity contribution in [2.45, 2.75) is 11.6 Å². The molecule has 0 bridgehead atoms. The lowest BCUT2D eigenvalue weighted by molar-refractivity contribution is 0.275. The Labute approximate surface area is 126 Å². The van der Waals surface area contributed by atoms with Crippen molar-refractivity contribution >= 4 is 34.0 Å². The zero-order valence-electron chi connectivity index (χ0n) is 11.2. The van der Waals surface area contributed by atoms with Crippen LogP contribution in [0.1, 0.15) is 5.56 Å². The Hall–Kier alpha value is -2.17. The molecule has 0 saturated carbocycles. The number of benzene rings is 1. The zero-order chi connectivity index (χ0) is 15.9. The third-order valence-electron chi connectivity index (χ3n) is 3.17. The molecule has 0 unspecified atom stereocenters. The number of nitrogens with one attached hydrogen (secondary N) is 1. The van der Waals surface area contributed by atoms with E-state index in [9.17, 15) is 17.8 Å². The Bertz CT molecular complexity index is 846. The van der Waals surface area contributed by atoms with Crippen LogP contribution in [0.4, 0.5) is 15.8 Å². The van der Waals surface area contributed by atoms with Gasteiger partial charge in [0.15, 0.2) is 5.03 Å². The van der Waals surface area contributed by atoms with Gasteiger partial charge in [0.1, 0.15) is 5.82 Å². The van der Waals surface area contributed by atoms with Crippen LogP contribution in [0.15, 0.2) is 35.5 Å². The van der Waals surface area contributed by atoms with Crippen LogP contribution in [0.25, 0.3) is 0 Å². The van der Waals surface area contributed by atoms with E-state index >= 15 is 0 Å². The van der Waals surface area contributed by atoms with Gasteiger partial charge >= 0.3 is 7.12 Å². The minimum absolute atomic E-state index is 0.0667. The van der Waals surface area contributed by atoms with Crippen molar-refractivity contribution < 1.29 is 22.5 Å². The van der Waals surface area contributed by atoms with Crippen LogP contribution in [0, 0.1) is 5.82 Å². The normalized spacial score (nSPS) is 14.0. The standard InChI is InChI=1S/C12H11BFN3O4S/c14-10-3-7-6-21-13(18)9(7)5-11(10)17-22(19,20)12-4-8(15)1-2-16-12/h1-5,17-18H,6H2,(H2,15,16). The first-order valence-electron chi connectivity index (χ1n) is 6.23. The predicted molar refractivity (Wildman–Crippen MR) is 78.3 cm³/mol. The summed E-state index contributed by atoms with van der Waals surface area (Å²) in [4.78, 5) is 3.70. The SMILES string of the molecule is Nc1ccnc(S(=O)(=O)Nc2cc3c(cc2F)COB3O)c1. The summed E-state index contributed by atoms with van der Waals surface area (Å²) < 4.78 is 45.4. The van der Waals surface area contributed by atoms with Gasteiger partial charge in [-0.2, -0.15) is 8.42 Å². The molecule has 22 heavy (non-hydrogen) atoms. The lowest BCUT2D eigenvalue weighted by atomic mass is 9.79. The lowest BCUT2D eigenvalue weighted by Crippen LogP contribution is -2.29. The first-order chi connectivity index (χ1) is 10.4. The highest BCUT2D eigenvalue weighted by Crippen LogP contribution is 2.22. The van der Waals surface area contributed by atoms with Crippen LogP contribution in [0.2, 0.25) is 0 Å². The molecule has 10 heteroatoms. The highest BCUT2D eigenvalue weighted by molar-refractivity contribution is 7.92. The number of anilines is 2. The highest BCUT2D eigenvalue weighted by atomic mass is 32.2. The summed E-state index contributed by atoms with van der Waals surface area (Å²) in [5, 5.41) is 9.27. The molecule has 7 nitrogen and oxygen atoms in total. The van der Waals surface area contributed by atoms with Crippen molar-refractivity contribution in [1.82, 2.24) is 4.98 Å². The Morgan fingerprint density at radius 2 is 2.18 bits per heavy atom. The maximum Gasteiger partial charge on any atom is 0.491 e. The molecule has 114 valence electrons. The molecule has 3 rings (SSSR count). The van der Waals surface area contributed by atoms with E-state index in [-0.39, 0.29) is 23.0 Å². The van der Waals surface area contributed by atoms with Gasteiger partial charge in [0.05, 0.1) is 12.3 Å². The highest BCUT2D eigenvalue weighted by Gasteiger charge is 2.29. The van der Waals surface area contributed by atoms with Gasteiger partial charge in [0.25, 0.3) is 10.0 Å². The molecule has 4 N–H and O–H groups in total. The number of hydrogen-bond acceptors (Lipinski definition) is 6. The number of nitrogens with zero attached hydrogens (tertiary/aromatic N) is 1. The van der Waals surface area contributed by atoms with Crippen LogP contribution in [0.5, 0.6) is 0 Å². The summed E-state index contributed by atoms with van der Waals surface area (Å²) in [7, 11) is -5.30. The predicted octanol–water partition coefficient (Wildman–Crippen LogP) is -0.179. The third-order valence-corrected chi connectivity index (χ3v) is 4.43. The second-order valence-corrected chi connectivity index (χ2v) is 6.36. The minimum Gasteiger partial charge on any atom is -0.423 e. The van der Waals surface area contributed by atoms with Gasteiger partial charge in [-0.1, -0.05) is 0 Å². The van der Waals surface area contributed by atoms with Gasteiger partial charge in [-0.05, 0) is 29.2 Å². The molecule has 0 fully saturated rings. The van der Waals surface area contributed by atoms with E-state index < -0.39 is 23.0 Å². The lowest BCUT2D eigenvalue weighted by Gasteiger charge is -2.10. The van der Waals surface area contributed by atoms with E-state index in [4.69, 9.17) is 10.4 Å². The van der Waals surface area contributed by atoms with E-state index in [1.807, 2.05) is 0 Å². The first kappa shape index (κ1) is 14.8. The molecule has 1 aromatic heterocycles. The summed E-state index contributed by atoms with van der Waals surface area (Å²) >= 11 is 0. The number of nitrogens with two attached hydrogens (primary N) is 1. The maximum absolute atomic E-state index is 14.0. The number of fused-ring (bicyclic) bond motifs is 1. The van der Waals surface area contributed by atoms with Crippen LogP contribution in [-0.4, -0.2) is 25.5 Å². The van der Waals surface area contributed by atoms with Gasteiger partial charge in [0, 0.05) is 18.0 Å². The zero-order valence-corrected chi connectivity index (χ0v) is 12.0. The number of aromatic nitrogens is 1. The molecule has 1 aromatic carbocycles. The van der Waals surface area contributed by atoms with E-state index in [1.165, 1.54) is 18.3 Å². The second-order valence-electron chi connectivity index (χ2n) is 4.73. The third kappa shape index (κ3) is 2.63. The van der Waals surface area contributed by atoms with Gasteiger partial charge in [0.2, 0.25) is 0 Å². The molecule has 0 aliphatic carbocycles. The summed E-state index contributed by atoms with van der Waals surface area (Å²) in [5.74, 6) is -0.774. The van der Waals surface area contributed by atoms with Crippen LogP contribution in [0.3, 0.4) is 0 Å². The summed E-state index contributed by atoms with van der Waals surface area (Å²) in [5.41, 5.74) is 6.22. The Balaban J connectivity index is 1.98. The molecule has 2 heterocycles. The molecular weight excluding hydrogens is 312 g/mol.